The zero-order valence-electron chi connectivity index (χ0n) is 9.41. The number of rotatable bonds is 4. The molecule has 1 aromatic rings. The Bertz CT molecular complexity index is 573. The largest absolute Gasteiger partial charge is 0.377 e. The maximum Gasteiger partial charge on any atom is 0.179 e. The highest BCUT2D eigenvalue weighted by Crippen LogP contribution is 2.13. The minimum absolute atomic E-state index is 0.0697. The molecule has 0 saturated carbocycles. The van der Waals surface area contributed by atoms with Crippen LogP contribution in [0.5, 0.6) is 0 Å². The fourth-order valence-corrected chi connectivity index (χ4v) is 3.43. The van der Waals surface area contributed by atoms with E-state index in [-0.39, 0.29) is 21.6 Å². The molecule has 18 heavy (non-hydrogen) atoms. The first-order valence-corrected chi connectivity index (χ1v) is 7.52. The first-order valence-electron chi connectivity index (χ1n) is 4.88. The summed E-state index contributed by atoms with van der Waals surface area (Å²) < 4.78 is 23.8. The molecule has 0 radical (unpaired) electrons. The predicted molar refractivity (Wildman–Crippen MR) is 71.5 cm³/mol. The molecule has 0 aromatic heterocycles. The van der Waals surface area contributed by atoms with Gasteiger partial charge in [0, 0.05) is 5.75 Å². The summed E-state index contributed by atoms with van der Waals surface area (Å²) in [4.78, 5) is 0.186. The predicted octanol–water partition coefficient (Wildman–Crippen LogP) is 0.254. The number of sulfone groups is 1. The van der Waals surface area contributed by atoms with Gasteiger partial charge < -0.3 is 11.6 Å². The molecule has 4 N–H and O–H groups in total. The molecular weight excluding hydrogens is 272 g/mol. The monoisotopic (exact) mass is 284 g/mol. The summed E-state index contributed by atoms with van der Waals surface area (Å²) in [6, 6.07) is 7.69. The standard InChI is InChI=1S/C10H12N4O2S2/c11-7-8-1-3-9(4-2-8)18(15,16)6-5-17-10(12)14-13/h1-4H,5-6,13H2,(H2,12,14). The van der Waals surface area contributed by atoms with Crippen molar-refractivity contribution in [2.75, 3.05) is 11.5 Å². The highest BCUT2D eigenvalue weighted by atomic mass is 32.2. The molecule has 8 heteroatoms. The van der Waals surface area contributed by atoms with Gasteiger partial charge in [0.25, 0.3) is 0 Å². The van der Waals surface area contributed by atoms with E-state index in [1.807, 2.05) is 6.07 Å². The second-order valence-electron chi connectivity index (χ2n) is 3.27. The topological polar surface area (TPSA) is 122 Å². The van der Waals surface area contributed by atoms with Crippen molar-refractivity contribution in [2.24, 2.45) is 16.7 Å². The second kappa shape index (κ2) is 6.28. The number of hydrazone groups is 1. The summed E-state index contributed by atoms with van der Waals surface area (Å²) in [6.45, 7) is 0. The van der Waals surface area contributed by atoms with E-state index in [1.165, 1.54) is 24.3 Å². The maximum atomic E-state index is 11.9. The third-order valence-corrected chi connectivity index (χ3v) is 4.87. The maximum absolute atomic E-state index is 11.9. The molecule has 96 valence electrons. The molecule has 0 heterocycles. The van der Waals surface area contributed by atoms with E-state index in [0.717, 1.165) is 11.8 Å². The number of nitriles is 1. The van der Waals surface area contributed by atoms with Gasteiger partial charge in [-0.05, 0) is 24.3 Å². The van der Waals surface area contributed by atoms with Crippen LogP contribution in [0.1, 0.15) is 5.56 Å². The Kier molecular flexibility index (Phi) is 5.00. The van der Waals surface area contributed by atoms with Crippen LogP contribution in [-0.4, -0.2) is 25.1 Å². The molecule has 0 aliphatic carbocycles. The molecule has 0 aliphatic rings. The Morgan fingerprint density at radius 1 is 1.39 bits per heavy atom. The number of thioether (sulfide) groups is 1. The van der Waals surface area contributed by atoms with Crippen LogP contribution in [0.2, 0.25) is 0 Å². The van der Waals surface area contributed by atoms with Crippen LogP contribution in [-0.2, 0) is 9.84 Å². The fraction of sp³-hybridized carbons (Fsp3) is 0.200. The van der Waals surface area contributed by atoms with Gasteiger partial charge in [-0.1, -0.05) is 11.8 Å². The first kappa shape index (κ1) is 14.3. The summed E-state index contributed by atoms with van der Waals surface area (Å²) in [5.41, 5.74) is 5.76. The molecule has 0 unspecified atom stereocenters. The van der Waals surface area contributed by atoms with E-state index in [0.29, 0.717) is 5.56 Å². The smallest absolute Gasteiger partial charge is 0.179 e. The molecule has 0 fully saturated rings. The van der Waals surface area contributed by atoms with E-state index in [9.17, 15) is 8.42 Å². The summed E-state index contributed by atoms with van der Waals surface area (Å²) in [6.07, 6.45) is 0. The lowest BCUT2D eigenvalue weighted by Gasteiger charge is -2.04. The Morgan fingerprint density at radius 3 is 2.50 bits per heavy atom. The van der Waals surface area contributed by atoms with E-state index in [2.05, 4.69) is 5.10 Å². The van der Waals surface area contributed by atoms with Crippen LogP contribution in [0, 0.1) is 11.3 Å². The van der Waals surface area contributed by atoms with Gasteiger partial charge in [0.1, 0.15) is 0 Å². The Morgan fingerprint density at radius 2 is 2.00 bits per heavy atom. The Hall–Kier alpha value is -1.72. The van der Waals surface area contributed by atoms with Gasteiger partial charge in [-0.3, -0.25) is 0 Å². The van der Waals surface area contributed by atoms with Crippen molar-refractivity contribution in [1.29, 1.82) is 5.26 Å². The van der Waals surface area contributed by atoms with Crippen LogP contribution < -0.4 is 11.6 Å². The van der Waals surface area contributed by atoms with Crippen LogP contribution >= 0.6 is 11.8 Å². The first-order chi connectivity index (χ1) is 8.49. The van der Waals surface area contributed by atoms with E-state index < -0.39 is 9.84 Å². The zero-order valence-corrected chi connectivity index (χ0v) is 11.0. The van der Waals surface area contributed by atoms with Gasteiger partial charge in [-0.2, -0.15) is 10.4 Å². The lowest BCUT2D eigenvalue weighted by atomic mass is 10.2. The van der Waals surface area contributed by atoms with Crippen molar-refractivity contribution in [1.82, 2.24) is 0 Å². The lowest BCUT2D eigenvalue weighted by molar-refractivity contribution is 0.597. The summed E-state index contributed by atoms with van der Waals surface area (Å²) in [5.74, 6) is 5.13. The SMILES string of the molecule is N#Cc1ccc(S(=O)(=O)CCS/C(N)=N\N)cc1. The van der Waals surface area contributed by atoms with Crippen molar-refractivity contribution < 1.29 is 8.42 Å². The summed E-state index contributed by atoms with van der Waals surface area (Å²) in [5, 5.41) is 12.0. The van der Waals surface area contributed by atoms with Gasteiger partial charge >= 0.3 is 0 Å². The molecule has 0 spiro atoms. The molecular formula is C10H12N4O2S2. The van der Waals surface area contributed by atoms with Crippen molar-refractivity contribution in [3.05, 3.63) is 29.8 Å². The van der Waals surface area contributed by atoms with Gasteiger partial charge in [0.2, 0.25) is 0 Å². The van der Waals surface area contributed by atoms with Crippen molar-refractivity contribution >= 4 is 26.8 Å². The van der Waals surface area contributed by atoms with E-state index in [1.54, 1.807) is 0 Å². The molecule has 1 rings (SSSR count). The Balaban J connectivity index is 2.71. The minimum Gasteiger partial charge on any atom is -0.377 e. The molecule has 0 atom stereocenters. The molecule has 0 aliphatic heterocycles. The van der Waals surface area contributed by atoms with Crippen LogP contribution in [0.25, 0.3) is 0 Å². The minimum atomic E-state index is -3.37. The average molecular weight is 284 g/mol. The molecule has 1 aromatic carbocycles. The average Bonchev–Trinajstić information content (AvgIpc) is 2.38. The van der Waals surface area contributed by atoms with E-state index >= 15 is 0 Å². The third kappa shape index (κ3) is 3.94. The summed E-state index contributed by atoms with van der Waals surface area (Å²) in [7, 11) is -3.37. The quantitative estimate of drug-likeness (QED) is 0.354. The molecule has 6 nitrogen and oxygen atoms in total. The van der Waals surface area contributed by atoms with Gasteiger partial charge in [0.15, 0.2) is 15.0 Å². The summed E-state index contributed by atoms with van der Waals surface area (Å²) >= 11 is 1.08. The van der Waals surface area contributed by atoms with Crippen LogP contribution in [0.4, 0.5) is 0 Å². The Labute approximate surface area is 110 Å². The van der Waals surface area contributed by atoms with Crippen LogP contribution in [0.15, 0.2) is 34.3 Å². The number of hydrogen-bond donors (Lipinski definition) is 2. The number of nitrogens with two attached hydrogens (primary N) is 2. The third-order valence-electron chi connectivity index (χ3n) is 2.07. The number of hydrogen-bond acceptors (Lipinski definition) is 6. The second-order valence-corrected chi connectivity index (χ2v) is 6.50. The fourth-order valence-electron chi connectivity index (χ4n) is 1.15. The number of benzene rings is 1. The van der Waals surface area contributed by atoms with Gasteiger partial charge in [-0.25, -0.2) is 8.42 Å². The van der Waals surface area contributed by atoms with E-state index in [4.69, 9.17) is 16.8 Å². The number of nitrogens with zero attached hydrogens (tertiary/aromatic N) is 2. The van der Waals surface area contributed by atoms with Crippen molar-refractivity contribution in [3.63, 3.8) is 0 Å². The highest BCUT2D eigenvalue weighted by Gasteiger charge is 2.14. The number of amidine groups is 1. The van der Waals surface area contributed by atoms with Crippen LogP contribution in [0.3, 0.4) is 0 Å². The van der Waals surface area contributed by atoms with Gasteiger partial charge in [-0.15, -0.1) is 0 Å². The van der Waals surface area contributed by atoms with Crippen molar-refractivity contribution in [2.45, 2.75) is 4.90 Å². The van der Waals surface area contributed by atoms with Gasteiger partial charge in [0.05, 0.1) is 22.3 Å². The molecule has 0 bridgehead atoms. The molecule has 0 saturated heterocycles. The molecule has 0 amide bonds. The highest BCUT2D eigenvalue weighted by molar-refractivity contribution is 8.14. The zero-order chi connectivity index (χ0) is 13.6. The lowest BCUT2D eigenvalue weighted by Crippen LogP contribution is -2.14. The normalized spacial score (nSPS) is 12.1. The van der Waals surface area contributed by atoms with Crippen molar-refractivity contribution in [3.8, 4) is 6.07 Å².